The third-order valence-corrected chi connectivity index (χ3v) is 6.35. The first-order valence-electron chi connectivity index (χ1n) is 11.8. The number of hydrogen-bond acceptors (Lipinski definition) is 5. The Bertz CT molecular complexity index is 1230. The van der Waals surface area contributed by atoms with Gasteiger partial charge in [-0.15, -0.1) is 0 Å². The molecule has 1 fully saturated rings. The number of rotatable bonds is 8. The molecule has 1 N–H and O–H groups in total. The van der Waals surface area contributed by atoms with E-state index in [-0.39, 0.29) is 11.8 Å². The molecule has 1 aliphatic rings. The zero-order chi connectivity index (χ0) is 24.2. The van der Waals surface area contributed by atoms with Crippen molar-refractivity contribution in [2.45, 2.75) is 38.8 Å². The number of oxime groups is 1. The minimum absolute atomic E-state index is 0.0372. The SMILES string of the molecule is CCn1c2ccccc2c2cc(NC(=O)[C@@H]3CC(=NOC)CN3C(=O)CCCN(C)C)ccc21. The molecule has 1 aliphatic heterocycles. The molecule has 0 bridgehead atoms. The number of anilines is 1. The lowest BCUT2D eigenvalue weighted by Gasteiger charge is -2.23. The molecular formula is C26H33N5O3. The van der Waals surface area contributed by atoms with Gasteiger partial charge in [0.25, 0.3) is 0 Å². The summed E-state index contributed by atoms with van der Waals surface area (Å²) in [5, 5.41) is 9.32. The molecule has 1 atom stereocenters. The molecule has 0 spiro atoms. The van der Waals surface area contributed by atoms with E-state index >= 15 is 0 Å². The van der Waals surface area contributed by atoms with Gasteiger partial charge in [0.1, 0.15) is 13.2 Å². The molecule has 180 valence electrons. The van der Waals surface area contributed by atoms with E-state index < -0.39 is 6.04 Å². The molecular weight excluding hydrogens is 430 g/mol. The van der Waals surface area contributed by atoms with Gasteiger partial charge in [-0.25, -0.2) is 0 Å². The Balaban J connectivity index is 1.56. The number of aryl methyl sites for hydroxylation is 1. The average molecular weight is 464 g/mol. The van der Waals surface area contributed by atoms with Crippen molar-refractivity contribution in [1.29, 1.82) is 0 Å². The van der Waals surface area contributed by atoms with E-state index in [4.69, 9.17) is 4.84 Å². The lowest BCUT2D eigenvalue weighted by Crippen LogP contribution is -2.43. The monoisotopic (exact) mass is 463 g/mol. The third kappa shape index (κ3) is 4.77. The van der Waals surface area contributed by atoms with Crippen LogP contribution in [0.15, 0.2) is 47.6 Å². The van der Waals surface area contributed by atoms with Crippen LogP contribution >= 0.6 is 0 Å². The van der Waals surface area contributed by atoms with Crippen LogP contribution in [0.3, 0.4) is 0 Å². The third-order valence-electron chi connectivity index (χ3n) is 6.35. The molecule has 2 heterocycles. The zero-order valence-electron chi connectivity index (χ0n) is 20.4. The number of para-hydroxylation sites is 1. The van der Waals surface area contributed by atoms with Gasteiger partial charge < -0.3 is 24.5 Å². The van der Waals surface area contributed by atoms with E-state index in [0.717, 1.165) is 35.8 Å². The van der Waals surface area contributed by atoms with Crippen LogP contribution < -0.4 is 5.32 Å². The van der Waals surface area contributed by atoms with Crippen LogP contribution in [0.25, 0.3) is 21.8 Å². The molecule has 0 radical (unpaired) electrons. The van der Waals surface area contributed by atoms with Crippen molar-refractivity contribution in [2.75, 3.05) is 39.6 Å². The second kappa shape index (κ2) is 10.3. The Morgan fingerprint density at radius 2 is 1.91 bits per heavy atom. The highest BCUT2D eigenvalue weighted by Crippen LogP contribution is 2.31. The van der Waals surface area contributed by atoms with Crippen molar-refractivity contribution in [2.24, 2.45) is 5.16 Å². The van der Waals surface area contributed by atoms with Gasteiger partial charge in [0, 0.05) is 46.9 Å². The minimum atomic E-state index is -0.603. The van der Waals surface area contributed by atoms with Crippen LogP contribution in [0, 0.1) is 0 Å². The highest BCUT2D eigenvalue weighted by molar-refractivity contribution is 6.11. The zero-order valence-corrected chi connectivity index (χ0v) is 20.4. The maximum Gasteiger partial charge on any atom is 0.247 e. The quantitative estimate of drug-likeness (QED) is 0.517. The Kier molecular flexibility index (Phi) is 7.17. The summed E-state index contributed by atoms with van der Waals surface area (Å²) in [6.45, 7) is 4.13. The van der Waals surface area contributed by atoms with Crippen LogP contribution in [0.4, 0.5) is 5.69 Å². The summed E-state index contributed by atoms with van der Waals surface area (Å²) < 4.78 is 2.27. The van der Waals surface area contributed by atoms with Gasteiger partial charge in [0.2, 0.25) is 11.8 Å². The molecule has 4 rings (SSSR count). The van der Waals surface area contributed by atoms with Crippen LogP contribution in [-0.4, -0.2) is 72.2 Å². The summed E-state index contributed by atoms with van der Waals surface area (Å²) in [7, 11) is 5.44. The number of hydrogen-bond donors (Lipinski definition) is 1. The van der Waals surface area contributed by atoms with Gasteiger partial charge in [-0.1, -0.05) is 23.4 Å². The van der Waals surface area contributed by atoms with Crippen LogP contribution in [0.1, 0.15) is 26.2 Å². The molecule has 2 aromatic carbocycles. The summed E-state index contributed by atoms with van der Waals surface area (Å²) in [5.41, 5.74) is 3.72. The summed E-state index contributed by atoms with van der Waals surface area (Å²) in [6, 6.07) is 13.7. The van der Waals surface area contributed by atoms with Crippen LogP contribution in [0.5, 0.6) is 0 Å². The smallest absolute Gasteiger partial charge is 0.247 e. The van der Waals surface area contributed by atoms with Crippen molar-refractivity contribution in [3.63, 3.8) is 0 Å². The average Bonchev–Trinajstić information content (AvgIpc) is 3.38. The molecule has 1 saturated heterocycles. The Labute approximate surface area is 200 Å². The number of likely N-dealkylation sites (tertiary alicyclic amines) is 1. The molecule has 3 aromatic rings. The van der Waals surface area contributed by atoms with E-state index in [9.17, 15) is 9.59 Å². The van der Waals surface area contributed by atoms with Gasteiger partial charge in [-0.3, -0.25) is 9.59 Å². The fourth-order valence-electron chi connectivity index (χ4n) is 4.78. The molecule has 0 aliphatic carbocycles. The highest BCUT2D eigenvalue weighted by Gasteiger charge is 2.37. The van der Waals surface area contributed by atoms with Gasteiger partial charge in [-0.05, 0) is 58.3 Å². The molecule has 2 amide bonds. The molecule has 0 unspecified atom stereocenters. The van der Waals surface area contributed by atoms with Crippen LogP contribution in [0.2, 0.25) is 0 Å². The number of aromatic nitrogens is 1. The summed E-state index contributed by atoms with van der Waals surface area (Å²) in [4.78, 5) is 34.8. The van der Waals surface area contributed by atoms with Crippen molar-refractivity contribution in [3.8, 4) is 0 Å². The molecule has 34 heavy (non-hydrogen) atoms. The second-order valence-electron chi connectivity index (χ2n) is 8.97. The van der Waals surface area contributed by atoms with E-state index in [1.165, 1.54) is 12.6 Å². The van der Waals surface area contributed by atoms with Crippen molar-refractivity contribution in [3.05, 3.63) is 42.5 Å². The lowest BCUT2D eigenvalue weighted by molar-refractivity contribution is -0.136. The number of benzene rings is 2. The topological polar surface area (TPSA) is 79.2 Å². The van der Waals surface area contributed by atoms with E-state index in [1.54, 1.807) is 4.90 Å². The lowest BCUT2D eigenvalue weighted by atomic mass is 10.1. The number of nitrogens with one attached hydrogen (secondary N) is 1. The number of fused-ring (bicyclic) bond motifs is 3. The first-order chi connectivity index (χ1) is 16.4. The predicted octanol–water partition coefficient (Wildman–Crippen LogP) is 3.70. The molecule has 1 aromatic heterocycles. The standard InChI is InChI=1S/C26H33N5O3/c1-5-30-22-10-7-6-9-20(22)21-15-18(12-13-23(21)30)27-26(33)24-16-19(28-34-4)17-31(24)25(32)11-8-14-29(2)3/h6-7,9-10,12-13,15,24H,5,8,11,14,16-17H2,1-4H3,(H,27,33)/t24-/m0/s1. The maximum absolute atomic E-state index is 13.3. The van der Waals surface area contributed by atoms with E-state index in [2.05, 4.69) is 34.1 Å². The fraction of sp³-hybridized carbons (Fsp3) is 0.423. The van der Waals surface area contributed by atoms with E-state index in [1.807, 2.05) is 49.3 Å². The summed E-state index contributed by atoms with van der Waals surface area (Å²) in [5.74, 6) is -0.245. The van der Waals surface area contributed by atoms with Crippen molar-refractivity contribution >= 4 is 45.0 Å². The number of carbonyl (C=O) groups is 2. The number of carbonyl (C=O) groups excluding carboxylic acids is 2. The van der Waals surface area contributed by atoms with Crippen molar-refractivity contribution < 1.29 is 14.4 Å². The Morgan fingerprint density at radius 3 is 2.65 bits per heavy atom. The number of nitrogens with zero attached hydrogens (tertiary/aromatic N) is 4. The first kappa shape index (κ1) is 23.8. The minimum Gasteiger partial charge on any atom is -0.399 e. The molecule has 8 nitrogen and oxygen atoms in total. The molecule has 0 saturated carbocycles. The molecule has 8 heteroatoms. The second-order valence-corrected chi connectivity index (χ2v) is 8.97. The first-order valence-corrected chi connectivity index (χ1v) is 11.8. The highest BCUT2D eigenvalue weighted by atomic mass is 16.6. The van der Waals surface area contributed by atoms with Gasteiger partial charge in [0.05, 0.1) is 12.3 Å². The fourth-order valence-corrected chi connectivity index (χ4v) is 4.78. The summed E-state index contributed by atoms with van der Waals surface area (Å²) >= 11 is 0. The van der Waals surface area contributed by atoms with E-state index in [0.29, 0.717) is 30.8 Å². The van der Waals surface area contributed by atoms with Crippen LogP contribution in [-0.2, 0) is 21.0 Å². The predicted molar refractivity (Wildman–Crippen MR) is 136 cm³/mol. The van der Waals surface area contributed by atoms with Gasteiger partial charge in [-0.2, -0.15) is 0 Å². The Morgan fingerprint density at radius 1 is 1.15 bits per heavy atom. The van der Waals surface area contributed by atoms with Gasteiger partial charge >= 0.3 is 0 Å². The summed E-state index contributed by atoms with van der Waals surface area (Å²) in [6.07, 6.45) is 1.51. The normalized spacial score (nSPS) is 17.3. The van der Waals surface area contributed by atoms with Crippen molar-refractivity contribution in [1.82, 2.24) is 14.4 Å². The maximum atomic E-state index is 13.3. The number of amides is 2. The Hall–Kier alpha value is -3.39. The van der Waals surface area contributed by atoms with Gasteiger partial charge in [0.15, 0.2) is 0 Å². The largest absolute Gasteiger partial charge is 0.399 e.